The van der Waals surface area contributed by atoms with Crippen LogP contribution in [0.1, 0.15) is 11.4 Å². The van der Waals surface area contributed by atoms with Crippen LogP contribution in [0.15, 0.2) is 63.6 Å². The van der Waals surface area contributed by atoms with E-state index >= 15 is 0 Å². The number of hydrogen-bond donors (Lipinski definition) is 0. The maximum Gasteiger partial charge on any atom is 0.316 e. The zero-order valence-electron chi connectivity index (χ0n) is 12.4. The maximum absolute atomic E-state index is 13.8. The molecule has 4 aromatic rings. The Morgan fingerprint density at radius 2 is 1.50 bits per heavy atom. The van der Waals surface area contributed by atoms with Crippen LogP contribution in [0, 0.1) is 5.82 Å². The zero-order chi connectivity index (χ0) is 16.4. The summed E-state index contributed by atoms with van der Waals surface area (Å²) in [7, 11) is 0. The van der Waals surface area contributed by atoms with Crippen molar-refractivity contribution in [3.05, 3.63) is 71.8 Å². The third-order valence-corrected chi connectivity index (χ3v) is 3.40. The Hall–Kier alpha value is -3.35. The number of benzene rings is 2. The highest BCUT2D eigenvalue weighted by molar-refractivity contribution is 5.57. The van der Waals surface area contributed by atoms with E-state index in [4.69, 9.17) is 9.05 Å². The summed E-state index contributed by atoms with van der Waals surface area (Å²) in [5, 5.41) is 7.66. The lowest BCUT2D eigenvalue weighted by molar-refractivity contribution is 0.380. The van der Waals surface area contributed by atoms with Crippen molar-refractivity contribution < 1.29 is 13.4 Å². The summed E-state index contributed by atoms with van der Waals surface area (Å²) in [4.78, 5) is 8.36. The molecular formula is C17H11FN4O2. The number of aromatic nitrogens is 4. The Morgan fingerprint density at radius 1 is 0.792 bits per heavy atom. The lowest BCUT2D eigenvalue weighted by atomic mass is 10.1. The van der Waals surface area contributed by atoms with Crippen LogP contribution in [0.3, 0.4) is 0 Å². The molecule has 0 amide bonds. The minimum Gasteiger partial charge on any atom is -0.329 e. The molecule has 0 aliphatic rings. The SMILES string of the molecule is Fc1ccccc1-c1noc(-c2nc(Cc3ccccc3)no2)n1. The van der Waals surface area contributed by atoms with Gasteiger partial charge < -0.3 is 9.05 Å². The lowest BCUT2D eigenvalue weighted by Crippen LogP contribution is -1.90. The van der Waals surface area contributed by atoms with Gasteiger partial charge in [0.05, 0.1) is 5.56 Å². The molecule has 0 saturated heterocycles. The van der Waals surface area contributed by atoms with Crippen molar-refractivity contribution in [2.45, 2.75) is 6.42 Å². The van der Waals surface area contributed by atoms with Crippen molar-refractivity contribution in [2.75, 3.05) is 0 Å². The maximum atomic E-state index is 13.8. The Kier molecular flexibility index (Phi) is 3.59. The van der Waals surface area contributed by atoms with Crippen molar-refractivity contribution in [2.24, 2.45) is 0 Å². The van der Waals surface area contributed by atoms with Crippen LogP contribution in [-0.4, -0.2) is 20.3 Å². The van der Waals surface area contributed by atoms with Crippen molar-refractivity contribution in [1.82, 2.24) is 20.3 Å². The van der Waals surface area contributed by atoms with Crippen LogP contribution in [0.25, 0.3) is 23.2 Å². The second-order valence-corrected chi connectivity index (χ2v) is 5.08. The molecule has 2 aromatic carbocycles. The molecule has 0 N–H and O–H groups in total. The number of rotatable bonds is 4. The van der Waals surface area contributed by atoms with Crippen LogP contribution < -0.4 is 0 Å². The third kappa shape index (κ3) is 2.79. The van der Waals surface area contributed by atoms with E-state index in [9.17, 15) is 4.39 Å². The van der Waals surface area contributed by atoms with Gasteiger partial charge in [-0.05, 0) is 17.7 Å². The van der Waals surface area contributed by atoms with E-state index in [1.165, 1.54) is 6.07 Å². The van der Waals surface area contributed by atoms with Crippen molar-refractivity contribution in [1.29, 1.82) is 0 Å². The molecule has 6 nitrogen and oxygen atoms in total. The monoisotopic (exact) mass is 322 g/mol. The molecule has 0 bridgehead atoms. The standard InChI is InChI=1S/C17H11FN4O2/c18-13-9-5-4-8-12(13)15-20-17(24-22-15)16-19-14(21-23-16)10-11-6-2-1-3-7-11/h1-9H,10H2. The van der Waals surface area contributed by atoms with Crippen LogP contribution in [0.5, 0.6) is 0 Å². The molecule has 7 heteroatoms. The van der Waals surface area contributed by atoms with Gasteiger partial charge in [0.25, 0.3) is 0 Å². The fourth-order valence-corrected chi connectivity index (χ4v) is 2.25. The average Bonchev–Trinajstić information content (AvgIpc) is 3.25. The lowest BCUT2D eigenvalue weighted by Gasteiger charge is -1.94. The summed E-state index contributed by atoms with van der Waals surface area (Å²) in [5.41, 5.74) is 1.30. The van der Waals surface area contributed by atoms with Gasteiger partial charge in [0.1, 0.15) is 5.82 Å². The van der Waals surface area contributed by atoms with Gasteiger partial charge in [-0.3, -0.25) is 0 Å². The molecule has 0 radical (unpaired) electrons. The van der Waals surface area contributed by atoms with Crippen LogP contribution in [0.2, 0.25) is 0 Å². The average molecular weight is 322 g/mol. The molecule has 4 rings (SSSR count). The highest BCUT2D eigenvalue weighted by atomic mass is 19.1. The Labute approximate surface area is 136 Å². The Morgan fingerprint density at radius 3 is 2.33 bits per heavy atom. The second kappa shape index (κ2) is 6.04. The fraction of sp³-hybridized carbons (Fsp3) is 0.0588. The predicted octanol–water partition coefficient (Wildman–Crippen LogP) is 3.52. The quantitative estimate of drug-likeness (QED) is 0.572. The molecular weight excluding hydrogens is 311 g/mol. The van der Waals surface area contributed by atoms with E-state index in [0.717, 1.165) is 5.56 Å². The van der Waals surface area contributed by atoms with Crippen LogP contribution in [-0.2, 0) is 6.42 Å². The van der Waals surface area contributed by atoms with Gasteiger partial charge in [0.2, 0.25) is 5.82 Å². The first-order valence-electron chi connectivity index (χ1n) is 7.25. The van der Waals surface area contributed by atoms with Gasteiger partial charge in [-0.25, -0.2) is 4.39 Å². The molecule has 2 aromatic heterocycles. The van der Waals surface area contributed by atoms with E-state index < -0.39 is 5.82 Å². The van der Waals surface area contributed by atoms with Crippen molar-refractivity contribution >= 4 is 0 Å². The van der Waals surface area contributed by atoms with Gasteiger partial charge in [-0.15, -0.1) is 0 Å². The first-order valence-corrected chi connectivity index (χ1v) is 7.25. The van der Waals surface area contributed by atoms with E-state index in [0.29, 0.717) is 12.2 Å². The minimum atomic E-state index is -0.430. The molecule has 0 saturated carbocycles. The number of hydrogen-bond acceptors (Lipinski definition) is 6. The molecule has 0 atom stereocenters. The largest absolute Gasteiger partial charge is 0.329 e. The van der Waals surface area contributed by atoms with Crippen LogP contribution >= 0.6 is 0 Å². The van der Waals surface area contributed by atoms with Gasteiger partial charge in [-0.2, -0.15) is 9.97 Å². The Balaban J connectivity index is 1.58. The van der Waals surface area contributed by atoms with Crippen LogP contribution in [0.4, 0.5) is 4.39 Å². The number of halogens is 1. The van der Waals surface area contributed by atoms with Gasteiger partial charge in [-0.1, -0.05) is 52.8 Å². The summed E-state index contributed by atoms with van der Waals surface area (Å²) < 4.78 is 24.0. The van der Waals surface area contributed by atoms with E-state index in [-0.39, 0.29) is 23.2 Å². The molecule has 0 fully saturated rings. The molecule has 0 aliphatic carbocycles. The van der Waals surface area contributed by atoms with Gasteiger partial charge in [0.15, 0.2) is 5.82 Å². The smallest absolute Gasteiger partial charge is 0.316 e. The van der Waals surface area contributed by atoms with Crippen molar-refractivity contribution in [3.8, 4) is 23.2 Å². The highest BCUT2D eigenvalue weighted by Gasteiger charge is 2.18. The first-order chi connectivity index (χ1) is 11.8. The van der Waals surface area contributed by atoms with E-state index in [2.05, 4.69) is 20.3 Å². The molecule has 118 valence electrons. The van der Waals surface area contributed by atoms with E-state index in [1.807, 2.05) is 30.3 Å². The molecule has 2 heterocycles. The summed E-state index contributed by atoms with van der Waals surface area (Å²) in [6.07, 6.45) is 0.526. The zero-order valence-corrected chi connectivity index (χ0v) is 12.4. The summed E-state index contributed by atoms with van der Waals surface area (Å²) in [5.74, 6) is 0.365. The van der Waals surface area contributed by atoms with E-state index in [1.54, 1.807) is 18.2 Å². The van der Waals surface area contributed by atoms with Crippen molar-refractivity contribution in [3.63, 3.8) is 0 Å². The molecule has 24 heavy (non-hydrogen) atoms. The number of nitrogens with zero attached hydrogens (tertiary/aromatic N) is 4. The first kappa shape index (κ1) is 14.3. The highest BCUT2D eigenvalue weighted by Crippen LogP contribution is 2.23. The second-order valence-electron chi connectivity index (χ2n) is 5.08. The summed E-state index contributed by atoms with van der Waals surface area (Å²) in [6.45, 7) is 0. The Bertz CT molecular complexity index is 965. The predicted molar refractivity (Wildman–Crippen MR) is 82.2 cm³/mol. The normalized spacial score (nSPS) is 10.9. The topological polar surface area (TPSA) is 77.8 Å². The molecule has 0 unspecified atom stereocenters. The summed E-state index contributed by atoms with van der Waals surface area (Å²) in [6, 6.07) is 15.9. The molecule has 0 aliphatic heterocycles. The molecule has 0 spiro atoms. The van der Waals surface area contributed by atoms with Gasteiger partial charge in [0, 0.05) is 6.42 Å². The fourth-order valence-electron chi connectivity index (χ4n) is 2.25. The van der Waals surface area contributed by atoms with Gasteiger partial charge >= 0.3 is 11.8 Å². The third-order valence-electron chi connectivity index (χ3n) is 3.40. The summed E-state index contributed by atoms with van der Waals surface area (Å²) >= 11 is 0. The minimum absolute atomic E-state index is 0.0556.